The van der Waals surface area contributed by atoms with E-state index in [1.165, 1.54) is 0 Å². The van der Waals surface area contributed by atoms with Crippen molar-refractivity contribution in [3.05, 3.63) is 47.0 Å². The molecule has 0 bridgehead atoms. The van der Waals surface area contributed by atoms with Gasteiger partial charge in [-0.05, 0) is 37.1 Å². The summed E-state index contributed by atoms with van der Waals surface area (Å²) in [6.07, 6.45) is 2.12. The first-order chi connectivity index (χ1) is 7.10. The summed E-state index contributed by atoms with van der Waals surface area (Å²) in [5.41, 5.74) is 0.282. The first kappa shape index (κ1) is 11.6. The topological polar surface area (TPSA) is 17.1 Å². The minimum atomic E-state index is -0.686. The first-order valence-electron chi connectivity index (χ1n) is 4.75. The Labute approximate surface area is 87.4 Å². The molecule has 0 atom stereocenters. The number of ketones is 1. The molecule has 1 aromatic rings. The van der Waals surface area contributed by atoms with Crippen molar-refractivity contribution < 1.29 is 13.6 Å². The second kappa shape index (κ2) is 4.82. The molecule has 0 unspecified atom stereocenters. The summed E-state index contributed by atoms with van der Waals surface area (Å²) in [6.45, 7) is 3.50. The fourth-order valence-electron chi connectivity index (χ4n) is 1.34. The minimum Gasteiger partial charge on any atom is -0.289 e. The van der Waals surface area contributed by atoms with Gasteiger partial charge < -0.3 is 0 Å². The van der Waals surface area contributed by atoms with Crippen molar-refractivity contribution in [2.45, 2.75) is 20.3 Å². The van der Waals surface area contributed by atoms with Gasteiger partial charge in [-0.2, -0.15) is 0 Å². The number of carbonyl (C=O) groups is 1. The lowest BCUT2D eigenvalue weighted by molar-refractivity contribution is 0.102. The molecule has 0 heterocycles. The van der Waals surface area contributed by atoms with Crippen molar-refractivity contribution in [2.75, 3.05) is 0 Å². The molecule has 15 heavy (non-hydrogen) atoms. The van der Waals surface area contributed by atoms with Gasteiger partial charge in [-0.25, -0.2) is 8.78 Å². The molecule has 0 saturated heterocycles. The summed E-state index contributed by atoms with van der Waals surface area (Å²) in [6, 6.07) is 2.88. The highest BCUT2D eigenvalue weighted by Crippen LogP contribution is 2.16. The molecule has 0 spiro atoms. The second-order valence-corrected chi connectivity index (χ2v) is 3.12. The maximum absolute atomic E-state index is 13.2. The lowest BCUT2D eigenvalue weighted by Gasteiger charge is -2.04. The smallest absolute Gasteiger partial charge is 0.191 e. The van der Waals surface area contributed by atoms with Crippen molar-refractivity contribution in [3.8, 4) is 0 Å². The number of rotatable bonds is 3. The molecule has 0 aliphatic heterocycles. The Balaban J connectivity index is 3.16. The van der Waals surface area contributed by atoms with Gasteiger partial charge in [-0.3, -0.25) is 4.79 Å². The molecule has 3 heteroatoms. The number of carbonyl (C=O) groups excluding carboxylic acids is 1. The lowest BCUT2D eigenvalue weighted by atomic mass is 10.0. The molecule has 0 amide bonds. The molecule has 0 saturated carbocycles. The van der Waals surface area contributed by atoms with Crippen LogP contribution in [0.2, 0.25) is 0 Å². The van der Waals surface area contributed by atoms with Gasteiger partial charge in [0, 0.05) is 0 Å². The highest BCUT2D eigenvalue weighted by Gasteiger charge is 2.15. The average molecular weight is 210 g/mol. The third-order valence-electron chi connectivity index (χ3n) is 2.19. The molecule has 0 N–H and O–H groups in total. The van der Waals surface area contributed by atoms with E-state index in [2.05, 4.69) is 0 Å². The minimum absolute atomic E-state index is 0.204. The largest absolute Gasteiger partial charge is 0.289 e. The second-order valence-electron chi connectivity index (χ2n) is 3.12. The Morgan fingerprint density at radius 3 is 2.60 bits per heavy atom. The highest BCUT2D eigenvalue weighted by molar-refractivity contribution is 6.08. The van der Waals surface area contributed by atoms with Crippen LogP contribution in [0.1, 0.15) is 30.6 Å². The zero-order chi connectivity index (χ0) is 11.4. The summed E-state index contributed by atoms with van der Waals surface area (Å²) < 4.78 is 26.1. The Hall–Kier alpha value is -1.51. The molecule has 1 aromatic carbocycles. The fourth-order valence-corrected chi connectivity index (χ4v) is 1.34. The van der Waals surface area contributed by atoms with Crippen LogP contribution in [0.4, 0.5) is 8.78 Å². The van der Waals surface area contributed by atoms with Gasteiger partial charge in [0.25, 0.3) is 0 Å². The van der Waals surface area contributed by atoms with Crippen LogP contribution in [-0.4, -0.2) is 5.78 Å². The zero-order valence-electron chi connectivity index (χ0n) is 8.68. The molecule has 0 fully saturated rings. The number of Topliss-reactive ketones (excluding diaryl/α,β-unsaturated/α-hetero) is 1. The maximum atomic E-state index is 13.2. The summed E-state index contributed by atoms with van der Waals surface area (Å²) in [7, 11) is 0. The molecule has 0 aliphatic rings. The number of hydrogen-bond donors (Lipinski definition) is 0. The normalized spacial score (nSPS) is 11.6. The third-order valence-corrected chi connectivity index (χ3v) is 2.19. The number of halogens is 2. The summed E-state index contributed by atoms with van der Waals surface area (Å²) in [5, 5.41) is 0. The molecular formula is C12H12F2O. The predicted molar refractivity (Wildman–Crippen MR) is 54.7 cm³/mol. The van der Waals surface area contributed by atoms with Gasteiger partial charge in [-0.1, -0.05) is 13.0 Å². The van der Waals surface area contributed by atoms with Gasteiger partial charge >= 0.3 is 0 Å². The van der Waals surface area contributed by atoms with E-state index >= 15 is 0 Å². The van der Waals surface area contributed by atoms with E-state index in [0.717, 1.165) is 18.2 Å². The lowest BCUT2D eigenvalue weighted by Crippen LogP contribution is -2.06. The van der Waals surface area contributed by atoms with E-state index in [4.69, 9.17) is 0 Å². The van der Waals surface area contributed by atoms with E-state index in [1.807, 2.05) is 0 Å². The van der Waals surface area contributed by atoms with Crippen LogP contribution in [0.5, 0.6) is 0 Å². The summed E-state index contributed by atoms with van der Waals surface area (Å²) >= 11 is 0. The van der Waals surface area contributed by atoms with Gasteiger partial charge in [0.2, 0.25) is 0 Å². The van der Waals surface area contributed by atoms with Crippen LogP contribution in [0.3, 0.4) is 0 Å². The Kier molecular flexibility index (Phi) is 3.72. The monoisotopic (exact) mass is 210 g/mol. The van der Waals surface area contributed by atoms with Gasteiger partial charge in [-0.15, -0.1) is 0 Å². The summed E-state index contributed by atoms with van der Waals surface area (Å²) in [5.74, 6) is -1.74. The molecule has 0 aromatic heterocycles. The molecule has 80 valence electrons. The van der Waals surface area contributed by atoms with Crippen molar-refractivity contribution in [3.63, 3.8) is 0 Å². The van der Waals surface area contributed by atoms with Gasteiger partial charge in [0.15, 0.2) is 5.78 Å². The standard InChI is InChI=1S/C12H12F2O/c1-3-8(4-2)12(15)10-7-9(13)5-6-11(10)14/h3,5-7H,4H2,1-2H3/b8-3-. The van der Waals surface area contributed by atoms with E-state index in [1.54, 1.807) is 19.9 Å². The van der Waals surface area contributed by atoms with Crippen molar-refractivity contribution in [1.29, 1.82) is 0 Å². The Bertz CT molecular complexity index is 408. The Morgan fingerprint density at radius 2 is 2.07 bits per heavy atom. The van der Waals surface area contributed by atoms with Crippen molar-refractivity contribution in [1.82, 2.24) is 0 Å². The van der Waals surface area contributed by atoms with Crippen molar-refractivity contribution in [2.24, 2.45) is 0 Å². The predicted octanol–water partition coefficient (Wildman–Crippen LogP) is 3.50. The number of benzene rings is 1. The van der Waals surface area contributed by atoms with Crippen LogP contribution in [0, 0.1) is 11.6 Å². The molecule has 0 radical (unpaired) electrons. The Morgan fingerprint density at radius 1 is 1.40 bits per heavy atom. The van der Waals surface area contributed by atoms with Crippen LogP contribution in [0.15, 0.2) is 29.8 Å². The average Bonchev–Trinajstić information content (AvgIpc) is 2.23. The SMILES string of the molecule is C/C=C(/CC)C(=O)c1cc(F)ccc1F. The van der Waals surface area contributed by atoms with E-state index in [-0.39, 0.29) is 5.56 Å². The van der Waals surface area contributed by atoms with E-state index in [0.29, 0.717) is 12.0 Å². The third kappa shape index (κ3) is 2.49. The van der Waals surface area contributed by atoms with Gasteiger partial charge in [0.05, 0.1) is 5.56 Å². The molecular weight excluding hydrogens is 198 g/mol. The van der Waals surface area contributed by atoms with Gasteiger partial charge in [0.1, 0.15) is 11.6 Å². The molecule has 0 aliphatic carbocycles. The van der Waals surface area contributed by atoms with Crippen LogP contribution in [0.25, 0.3) is 0 Å². The van der Waals surface area contributed by atoms with Crippen LogP contribution in [-0.2, 0) is 0 Å². The van der Waals surface area contributed by atoms with E-state index < -0.39 is 17.4 Å². The van der Waals surface area contributed by atoms with Crippen LogP contribution >= 0.6 is 0 Å². The van der Waals surface area contributed by atoms with Crippen LogP contribution < -0.4 is 0 Å². The van der Waals surface area contributed by atoms with E-state index in [9.17, 15) is 13.6 Å². The highest BCUT2D eigenvalue weighted by atomic mass is 19.1. The first-order valence-corrected chi connectivity index (χ1v) is 4.75. The molecule has 1 rings (SSSR count). The quantitative estimate of drug-likeness (QED) is 0.551. The zero-order valence-corrected chi connectivity index (χ0v) is 8.68. The number of allylic oxidation sites excluding steroid dienone is 2. The fraction of sp³-hybridized carbons (Fsp3) is 0.250. The molecule has 1 nitrogen and oxygen atoms in total. The number of hydrogen-bond acceptors (Lipinski definition) is 1. The summed E-state index contributed by atoms with van der Waals surface area (Å²) in [4.78, 5) is 11.7. The van der Waals surface area contributed by atoms with Crippen molar-refractivity contribution >= 4 is 5.78 Å². The maximum Gasteiger partial charge on any atom is 0.191 e.